The lowest BCUT2D eigenvalue weighted by molar-refractivity contribution is 0.285. The molecule has 6 heteroatoms. The van der Waals surface area contributed by atoms with Crippen LogP contribution in [0.5, 0.6) is 0 Å². The Morgan fingerprint density at radius 3 is 2.47 bits per heavy atom. The molecule has 19 heavy (non-hydrogen) atoms. The highest BCUT2D eigenvalue weighted by Gasteiger charge is 2.24. The third-order valence-corrected chi connectivity index (χ3v) is 3.75. The van der Waals surface area contributed by atoms with E-state index in [1.165, 1.54) is 0 Å². The molecule has 1 unspecified atom stereocenters. The van der Waals surface area contributed by atoms with E-state index in [1.807, 2.05) is 0 Å². The first kappa shape index (κ1) is 14.3. The third kappa shape index (κ3) is 3.67. The monoisotopic (exact) mass is 267 g/mol. The van der Waals surface area contributed by atoms with Crippen LogP contribution in [0.2, 0.25) is 0 Å². The van der Waals surface area contributed by atoms with Gasteiger partial charge in [0.25, 0.3) is 5.95 Å². The van der Waals surface area contributed by atoms with Gasteiger partial charge >= 0.3 is 0 Å². The fourth-order valence-corrected chi connectivity index (χ4v) is 1.96. The fraction of sp³-hybridized carbons (Fsp3) is 0.846. The van der Waals surface area contributed by atoms with Gasteiger partial charge in [0.05, 0.1) is 0 Å². The van der Waals surface area contributed by atoms with Crippen molar-refractivity contribution in [2.45, 2.75) is 33.2 Å². The number of rotatable bonds is 3. The molecule has 2 rings (SSSR count). The van der Waals surface area contributed by atoms with Gasteiger partial charge in [-0.2, -0.15) is 4.98 Å². The smallest absolute Gasteiger partial charge is 0.266 e. The molecule has 0 spiro atoms. The number of likely N-dealkylation sites (N-methyl/N-ethyl adjacent to an activating group) is 1. The number of nitrogens with zero attached hydrogens (tertiary/aromatic N) is 4. The van der Waals surface area contributed by atoms with Gasteiger partial charge in [-0.05, 0) is 17.6 Å². The largest absolute Gasteiger partial charge is 0.337 e. The number of aromatic nitrogens is 2. The summed E-state index contributed by atoms with van der Waals surface area (Å²) in [6.07, 6.45) is 0.629. The maximum absolute atomic E-state index is 6.14. The summed E-state index contributed by atoms with van der Waals surface area (Å²) in [7, 11) is 2.13. The van der Waals surface area contributed by atoms with Crippen LogP contribution < -0.4 is 10.6 Å². The van der Waals surface area contributed by atoms with Crippen molar-refractivity contribution >= 4 is 5.95 Å². The van der Waals surface area contributed by atoms with Crippen LogP contribution in [0.4, 0.5) is 5.95 Å². The van der Waals surface area contributed by atoms with Crippen molar-refractivity contribution in [3.63, 3.8) is 0 Å². The van der Waals surface area contributed by atoms with Crippen molar-refractivity contribution in [3.05, 3.63) is 5.89 Å². The molecule has 1 fully saturated rings. The Kier molecular flexibility index (Phi) is 4.10. The zero-order valence-electron chi connectivity index (χ0n) is 12.4. The number of nitrogens with two attached hydrogens (primary N) is 1. The summed E-state index contributed by atoms with van der Waals surface area (Å²) in [5.41, 5.74) is 6.18. The zero-order chi connectivity index (χ0) is 14.0. The fourth-order valence-electron chi connectivity index (χ4n) is 1.96. The molecular formula is C13H25N5O. The second-order valence-corrected chi connectivity index (χ2v) is 6.46. The Labute approximate surface area is 114 Å². The van der Waals surface area contributed by atoms with Crippen LogP contribution >= 0.6 is 0 Å². The maximum atomic E-state index is 6.14. The highest BCUT2D eigenvalue weighted by molar-refractivity contribution is 5.28. The minimum absolute atomic E-state index is 0.0216. The van der Waals surface area contributed by atoms with Gasteiger partial charge in [-0.3, -0.25) is 0 Å². The lowest BCUT2D eigenvalue weighted by Crippen LogP contribution is -2.45. The van der Waals surface area contributed by atoms with E-state index in [2.05, 4.69) is 47.8 Å². The van der Waals surface area contributed by atoms with Crippen molar-refractivity contribution in [2.24, 2.45) is 11.1 Å². The molecule has 0 aromatic carbocycles. The van der Waals surface area contributed by atoms with Crippen LogP contribution in [0.25, 0.3) is 0 Å². The Bertz CT molecular complexity index is 403. The predicted octanol–water partition coefficient (Wildman–Crippen LogP) is 0.737. The summed E-state index contributed by atoms with van der Waals surface area (Å²) < 4.78 is 5.31. The first-order chi connectivity index (χ1) is 8.86. The van der Waals surface area contributed by atoms with E-state index >= 15 is 0 Å². The SMILES string of the molecule is CN1CCN(c2noc(CC(N)C(C)(C)C)n2)CC1. The number of piperazine rings is 1. The van der Waals surface area contributed by atoms with Crippen LogP contribution in [-0.4, -0.2) is 54.3 Å². The quantitative estimate of drug-likeness (QED) is 0.871. The summed E-state index contributed by atoms with van der Waals surface area (Å²) in [5, 5.41) is 4.07. The van der Waals surface area contributed by atoms with Crippen molar-refractivity contribution in [1.82, 2.24) is 15.0 Å². The molecule has 1 aliphatic rings. The van der Waals surface area contributed by atoms with Crippen molar-refractivity contribution in [3.8, 4) is 0 Å². The van der Waals surface area contributed by atoms with E-state index in [0.29, 0.717) is 18.3 Å². The lowest BCUT2D eigenvalue weighted by Gasteiger charge is -2.31. The van der Waals surface area contributed by atoms with E-state index in [-0.39, 0.29) is 11.5 Å². The van der Waals surface area contributed by atoms with Gasteiger partial charge in [-0.1, -0.05) is 20.8 Å². The Morgan fingerprint density at radius 1 is 1.26 bits per heavy atom. The van der Waals surface area contributed by atoms with Crippen LogP contribution in [0.15, 0.2) is 4.52 Å². The molecule has 0 saturated carbocycles. The molecule has 108 valence electrons. The first-order valence-electron chi connectivity index (χ1n) is 6.88. The van der Waals surface area contributed by atoms with Gasteiger partial charge in [0.2, 0.25) is 5.89 Å². The van der Waals surface area contributed by atoms with E-state index in [4.69, 9.17) is 10.3 Å². The summed E-state index contributed by atoms with van der Waals surface area (Å²) >= 11 is 0. The molecule has 0 radical (unpaired) electrons. The molecule has 6 nitrogen and oxygen atoms in total. The predicted molar refractivity (Wildman–Crippen MR) is 75.1 cm³/mol. The Morgan fingerprint density at radius 2 is 1.89 bits per heavy atom. The molecule has 2 N–H and O–H groups in total. The molecule has 2 heterocycles. The van der Waals surface area contributed by atoms with Gasteiger partial charge in [-0.15, -0.1) is 0 Å². The highest BCUT2D eigenvalue weighted by Crippen LogP contribution is 2.21. The summed E-state index contributed by atoms with van der Waals surface area (Å²) in [6.45, 7) is 10.3. The van der Waals surface area contributed by atoms with Crippen LogP contribution in [-0.2, 0) is 6.42 Å². The summed E-state index contributed by atoms with van der Waals surface area (Å²) in [6, 6.07) is 0.0216. The average Bonchev–Trinajstić information content (AvgIpc) is 2.77. The number of hydrogen-bond donors (Lipinski definition) is 1. The van der Waals surface area contributed by atoms with Gasteiger partial charge in [-0.25, -0.2) is 0 Å². The van der Waals surface area contributed by atoms with Gasteiger partial charge in [0.1, 0.15) is 0 Å². The normalized spacial score (nSPS) is 19.7. The number of hydrogen-bond acceptors (Lipinski definition) is 6. The molecule has 1 saturated heterocycles. The van der Waals surface area contributed by atoms with Gasteiger partial charge in [0.15, 0.2) is 0 Å². The minimum atomic E-state index is 0.0216. The van der Waals surface area contributed by atoms with Crippen molar-refractivity contribution in [1.29, 1.82) is 0 Å². The zero-order valence-corrected chi connectivity index (χ0v) is 12.4. The standard InChI is InChI=1S/C13H25N5O/c1-13(2,3)10(14)9-11-15-12(16-19-11)18-7-5-17(4)6-8-18/h10H,5-9,14H2,1-4H3. The second-order valence-electron chi connectivity index (χ2n) is 6.46. The topological polar surface area (TPSA) is 71.4 Å². The first-order valence-corrected chi connectivity index (χ1v) is 6.88. The molecule has 0 amide bonds. The van der Waals surface area contributed by atoms with E-state index in [0.717, 1.165) is 26.2 Å². The molecule has 1 aromatic heterocycles. The van der Waals surface area contributed by atoms with E-state index < -0.39 is 0 Å². The highest BCUT2D eigenvalue weighted by atomic mass is 16.5. The number of anilines is 1. The van der Waals surface area contributed by atoms with Crippen LogP contribution in [0.1, 0.15) is 26.7 Å². The van der Waals surface area contributed by atoms with Gasteiger partial charge in [0, 0.05) is 38.6 Å². The molecule has 1 aliphatic heterocycles. The van der Waals surface area contributed by atoms with E-state index in [9.17, 15) is 0 Å². The summed E-state index contributed by atoms with van der Waals surface area (Å²) in [4.78, 5) is 8.92. The Balaban J connectivity index is 1.95. The van der Waals surface area contributed by atoms with Crippen LogP contribution in [0, 0.1) is 5.41 Å². The van der Waals surface area contributed by atoms with Crippen LogP contribution in [0.3, 0.4) is 0 Å². The van der Waals surface area contributed by atoms with Crippen molar-refractivity contribution < 1.29 is 4.52 Å². The molecule has 1 aromatic rings. The molecule has 1 atom stereocenters. The summed E-state index contributed by atoms with van der Waals surface area (Å²) in [5.74, 6) is 1.33. The van der Waals surface area contributed by atoms with E-state index in [1.54, 1.807) is 0 Å². The lowest BCUT2D eigenvalue weighted by atomic mass is 9.85. The average molecular weight is 267 g/mol. The third-order valence-electron chi connectivity index (χ3n) is 3.75. The van der Waals surface area contributed by atoms with Crippen molar-refractivity contribution in [2.75, 3.05) is 38.1 Å². The molecule has 0 aliphatic carbocycles. The Hall–Kier alpha value is -1.14. The van der Waals surface area contributed by atoms with Gasteiger partial charge < -0.3 is 20.1 Å². The second kappa shape index (κ2) is 5.46. The minimum Gasteiger partial charge on any atom is -0.337 e. The molecular weight excluding hydrogens is 242 g/mol. The molecule has 0 bridgehead atoms. The maximum Gasteiger partial charge on any atom is 0.266 e.